The quantitative estimate of drug-likeness (QED) is 0.734. The monoisotopic (exact) mass is 223 g/mol. The van der Waals surface area contributed by atoms with Crippen LogP contribution in [-0.2, 0) is 7.05 Å². The van der Waals surface area contributed by atoms with Crippen LogP contribution in [0.25, 0.3) is 0 Å². The molecule has 0 spiro atoms. The van der Waals surface area contributed by atoms with Crippen LogP contribution in [0.3, 0.4) is 0 Å². The van der Waals surface area contributed by atoms with Gasteiger partial charge in [-0.25, -0.2) is 0 Å². The van der Waals surface area contributed by atoms with E-state index in [2.05, 4.69) is 30.8 Å². The molecule has 4 nitrogen and oxygen atoms in total. The molecule has 1 aromatic rings. The zero-order valence-corrected chi connectivity index (χ0v) is 11.0. The van der Waals surface area contributed by atoms with Crippen LogP contribution in [0.1, 0.15) is 43.2 Å². The Hall–Kier alpha value is -1.32. The summed E-state index contributed by atoms with van der Waals surface area (Å²) in [5.41, 5.74) is 1.48. The highest BCUT2D eigenvalue weighted by atomic mass is 16.1. The van der Waals surface area contributed by atoms with Gasteiger partial charge in [0.15, 0.2) is 6.29 Å². The van der Waals surface area contributed by atoms with Crippen molar-refractivity contribution in [1.82, 2.24) is 9.78 Å². The highest BCUT2D eigenvalue weighted by molar-refractivity contribution is 5.85. The first-order chi connectivity index (χ1) is 7.35. The smallest absolute Gasteiger partial charge is 0.155 e. The van der Waals surface area contributed by atoms with Crippen molar-refractivity contribution >= 4 is 12.1 Å². The number of hydrogen-bond donors (Lipinski definition) is 0. The van der Waals surface area contributed by atoms with Crippen molar-refractivity contribution in [2.45, 2.75) is 39.7 Å². The maximum absolute atomic E-state index is 11.1. The zero-order valence-electron chi connectivity index (χ0n) is 11.0. The van der Waals surface area contributed by atoms with Gasteiger partial charge >= 0.3 is 0 Å². The number of aryl methyl sites for hydroxylation is 2. The molecule has 0 N–H and O–H groups in total. The van der Waals surface area contributed by atoms with E-state index in [1.54, 1.807) is 4.68 Å². The average Bonchev–Trinajstić information content (AvgIpc) is 2.51. The maximum atomic E-state index is 11.1. The third-order valence-electron chi connectivity index (χ3n) is 3.45. The van der Waals surface area contributed by atoms with E-state index >= 15 is 0 Å². The predicted molar refractivity (Wildman–Crippen MR) is 66.1 cm³/mol. The van der Waals surface area contributed by atoms with Gasteiger partial charge in [0, 0.05) is 19.6 Å². The van der Waals surface area contributed by atoms with Crippen molar-refractivity contribution in [3.8, 4) is 0 Å². The van der Waals surface area contributed by atoms with Gasteiger partial charge in [-0.05, 0) is 27.2 Å². The summed E-state index contributed by atoms with van der Waals surface area (Å²) in [6.07, 6.45) is 1.89. The van der Waals surface area contributed by atoms with Crippen LogP contribution < -0.4 is 4.90 Å². The molecule has 0 fully saturated rings. The lowest BCUT2D eigenvalue weighted by molar-refractivity contribution is 0.112. The van der Waals surface area contributed by atoms with Crippen LogP contribution in [0.5, 0.6) is 0 Å². The molecule has 1 aromatic heterocycles. The largest absolute Gasteiger partial charge is 0.354 e. The summed E-state index contributed by atoms with van der Waals surface area (Å²) < 4.78 is 1.77. The number of rotatable bonds is 4. The lowest BCUT2D eigenvalue weighted by atomic mass is 9.99. The Balaban J connectivity index is 3.27. The Morgan fingerprint density at radius 1 is 1.50 bits per heavy atom. The number of carbonyl (C=O) groups excluding carboxylic acids is 1. The van der Waals surface area contributed by atoms with Gasteiger partial charge in [0.05, 0.1) is 11.3 Å². The summed E-state index contributed by atoms with van der Waals surface area (Å²) in [7, 11) is 3.88. The van der Waals surface area contributed by atoms with E-state index in [-0.39, 0.29) is 5.54 Å². The fourth-order valence-corrected chi connectivity index (χ4v) is 1.72. The number of anilines is 1. The minimum absolute atomic E-state index is 0.0119. The molecule has 0 aliphatic heterocycles. The molecule has 0 unspecified atom stereocenters. The summed E-state index contributed by atoms with van der Waals surface area (Å²) in [5.74, 6) is 0.888. The van der Waals surface area contributed by atoms with Crippen molar-refractivity contribution in [3.05, 3.63) is 11.3 Å². The number of carbonyl (C=O) groups is 1. The molecule has 0 radical (unpaired) electrons. The third-order valence-corrected chi connectivity index (χ3v) is 3.45. The van der Waals surface area contributed by atoms with E-state index in [0.29, 0.717) is 5.56 Å². The highest BCUT2D eigenvalue weighted by Gasteiger charge is 2.27. The Morgan fingerprint density at radius 2 is 2.06 bits per heavy atom. The number of hydrogen-bond acceptors (Lipinski definition) is 3. The SMILES string of the molecule is CCC(C)(C)N(C)c1c(C=O)c(C)nn1C. The molecule has 0 aromatic carbocycles. The van der Waals surface area contributed by atoms with E-state index in [1.807, 2.05) is 21.0 Å². The van der Waals surface area contributed by atoms with Crippen LogP contribution >= 0.6 is 0 Å². The lowest BCUT2D eigenvalue weighted by Crippen LogP contribution is -2.42. The molecule has 0 bridgehead atoms. The molecule has 0 amide bonds. The van der Waals surface area contributed by atoms with Crippen molar-refractivity contribution in [1.29, 1.82) is 0 Å². The van der Waals surface area contributed by atoms with E-state index in [4.69, 9.17) is 0 Å². The van der Waals surface area contributed by atoms with E-state index in [9.17, 15) is 4.79 Å². The minimum atomic E-state index is 0.0119. The molecule has 0 aliphatic carbocycles. The molecule has 1 heterocycles. The van der Waals surface area contributed by atoms with Crippen molar-refractivity contribution in [3.63, 3.8) is 0 Å². The standard InChI is InChI=1S/C12H21N3O/c1-7-12(3,4)14(5)11-10(8-16)9(2)13-15(11)6/h8H,7H2,1-6H3. The second kappa shape index (κ2) is 4.28. The summed E-state index contributed by atoms with van der Waals surface area (Å²) in [5, 5.41) is 4.29. The van der Waals surface area contributed by atoms with Crippen molar-refractivity contribution < 1.29 is 4.79 Å². The van der Waals surface area contributed by atoms with Gasteiger partial charge in [-0.3, -0.25) is 9.48 Å². The highest BCUT2D eigenvalue weighted by Crippen LogP contribution is 2.28. The molecule has 0 atom stereocenters. The van der Waals surface area contributed by atoms with Gasteiger partial charge < -0.3 is 4.90 Å². The van der Waals surface area contributed by atoms with Gasteiger partial charge in [-0.1, -0.05) is 6.92 Å². The maximum Gasteiger partial charge on any atom is 0.155 e. The average molecular weight is 223 g/mol. The second-order valence-electron chi connectivity index (χ2n) is 4.79. The van der Waals surface area contributed by atoms with Crippen molar-refractivity contribution in [2.75, 3.05) is 11.9 Å². The number of nitrogens with zero attached hydrogens (tertiary/aromatic N) is 3. The van der Waals surface area contributed by atoms with Gasteiger partial charge in [-0.2, -0.15) is 5.10 Å². The fourth-order valence-electron chi connectivity index (χ4n) is 1.72. The van der Waals surface area contributed by atoms with Gasteiger partial charge in [-0.15, -0.1) is 0 Å². The lowest BCUT2D eigenvalue weighted by Gasteiger charge is -2.36. The first kappa shape index (κ1) is 12.7. The molecule has 90 valence electrons. The summed E-state index contributed by atoms with van der Waals surface area (Å²) in [6, 6.07) is 0. The van der Waals surface area contributed by atoms with E-state index in [0.717, 1.165) is 24.2 Å². The summed E-state index contributed by atoms with van der Waals surface area (Å²) >= 11 is 0. The Kier molecular flexibility index (Phi) is 3.41. The molecule has 4 heteroatoms. The van der Waals surface area contributed by atoms with Crippen molar-refractivity contribution in [2.24, 2.45) is 7.05 Å². The molecule has 0 saturated heterocycles. The van der Waals surface area contributed by atoms with Gasteiger partial charge in [0.2, 0.25) is 0 Å². The van der Waals surface area contributed by atoms with Crippen LogP contribution in [0, 0.1) is 6.92 Å². The predicted octanol–water partition coefficient (Wildman–Crippen LogP) is 2.17. The number of aldehydes is 1. The van der Waals surface area contributed by atoms with Crippen LogP contribution in [-0.4, -0.2) is 28.7 Å². The molecule has 0 saturated carbocycles. The molecule has 0 aliphatic rings. The molecule has 16 heavy (non-hydrogen) atoms. The fraction of sp³-hybridized carbons (Fsp3) is 0.667. The zero-order chi connectivity index (χ0) is 12.5. The topological polar surface area (TPSA) is 38.1 Å². The molecular weight excluding hydrogens is 202 g/mol. The summed E-state index contributed by atoms with van der Waals surface area (Å²) in [4.78, 5) is 13.2. The Bertz CT molecular complexity index is 393. The Labute approximate surface area is 97.2 Å². The van der Waals surface area contributed by atoms with E-state index in [1.165, 1.54) is 0 Å². The second-order valence-corrected chi connectivity index (χ2v) is 4.79. The number of aromatic nitrogens is 2. The van der Waals surface area contributed by atoms with Crippen LogP contribution in [0.2, 0.25) is 0 Å². The van der Waals surface area contributed by atoms with Gasteiger partial charge in [0.1, 0.15) is 5.82 Å². The first-order valence-electron chi connectivity index (χ1n) is 5.57. The summed E-state index contributed by atoms with van der Waals surface area (Å²) in [6.45, 7) is 8.31. The van der Waals surface area contributed by atoms with Crippen LogP contribution in [0.4, 0.5) is 5.82 Å². The Morgan fingerprint density at radius 3 is 2.50 bits per heavy atom. The normalized spacial score (nSPS) is 11.6. The van der Waals surface area contributed by atoms with Gasteiger partial charge in [0.25, 0.3) is 0 Å². The van der Waals surface area contributed by atoms with Crippen LogP contribution in [0.15, 0.2) is 0 Å². The van der Waals surface area contributed by atoms with E-state index < -0.39 is 0 Å². The minimum Gasteiger partial charge on any atom is -0.354 e. The third kappa shape index (κ3) is 1.96. The first-order valence-corrected chi connectivity index (χ1v) is 5.57. The molecule has 1 rings (SSSR count). The molecular formula is C12H21N3O.